The number of aliphatic imine (C=N–C) groups is 1. The minimum absolute atomic E-state index is 0.0832. The van der Waals surface area contributed by atoms with Gasteiger partial charge in [-0.3, -0.25) is 9.79 Å². The number of carbonyl (C=O) groups is 1. The number of esters is 1. The van der Waals surface area contributed by atoms with E-state index in [4.69, 9.17) is 10.5 Å². The number of aromatic nitrogens is 1. The normalized spacial score (nSPS) is 13.6. The lowest BCUT2D eigenvalue weighted by Crippen LogP contribution is -2.28. The van der Waals surface area contributed by atoms with Gasteiger partial charge in [0, 0.05) is 18.5 Å². The number of alkyl halides is 3. The van der Waals surface area contributed by atoms with Crippen LogP contribution in [0.4, 0.5) is 13.2 Å². The molecule has 0 amide bonds. The predicted molar refractivity (Wildman–Crippen MR) is 136 cm³/mol. The molecule has 0 bridgehead atoms. The maximum absolute atomic E-state index is 13.3. The number of carbonyl (C=O) groups excluding carboxylic acids is 1. The lowest BCUT2D eigenvalue weighted by molar-refractivity contribution is -0.142. The van der Waals surface area contributed by atoms with Gasteiger partial charge in [-0.1, -0.05) is 26.0 Å². The van der Waals surface area contributed by atoms with Crippen molar-refractivity contribution in [2.75, 3.05) is 39.0 Å². The molecule has 198 valence electrons. The number of hydrogen-bond acceptors (Lipinski definition) is 7. The Hall–Kier alpha value is -2.64. The number of nitrogens with two attached hydrogens (primary N) is 1. The number of benzene rings is 1. The monoisotopic (exact) mass is 592 g/mol. The summed E-state index contributed by atoms with van der Waals surface area (Å²) in [4.78, 5) is 21.3. The van der Waals surface area contributed by atoms with Gasteiger partial charge < -0.3 is 20.4 Å². The van der Waals surface area contributed by atoms with Crippen LogP contribution < -0.4 is 5.73 Å². The molecule has 0 aliphatic carbocycles. The minimum atomic E-state index is -4.84. The van der Waals surface area contributed by atoms with Gasteiger partial charge in [0.15, 0.2) is 9.84 Å². The number of rotatable bonds is 11. The number of allylic oxidation sites excluding steroid dienone is 2. The summed E-state index contributed by atoms with van der Waals surface area (Å²) in [5, 5.41) is 0. The first-order valence-corrected chi connectivity index (χ1v) is 13.6. The maximum atomic E-state index is 13.3. The van der Waals surface area contributed by atoms with Crippen molar-refractivity contribution >= 4 is 37.4 Å². The molecule has 3 N–H and O–H groups in total. The summed E-state index contributed by atoms with van der Waals surface area (Å²) in [7, 11) is -3.47. The first-order valence-electron chi connectivity index (χ1n) is 10.9. The van der Waals surface area contributed by atoms with Crippen LogP contribution in [0.2, 0.25) is 0 Å². The number of nitrogens with one attached hydrogen (secondary N) is 1. The van der Waals surface area contributed by atoms with Crippen LogP contribution in [0.3, 0.4) is 0 Å². The molecule has 1 aromatic carbocycles. The van der Waals surface area contributed by atoms with Gasteiger partial charge in [-0.25, -0.2) is 8.42 Å². The van der Waals surface area contributed by atoms with Gasteiger partial charge in [-0.15, -0.1) is 0 Å². The molecule has 0 saturated carbocycles. The number of H-pyrrole nitrogens is 1. The lowest BCUT2D eigenvalue weighted by atomic mass is 10.2. The Morgan fingerprint density at radius 2 is 1.86 bits per heavy atom. The van der Waals surface area contributed by atoms with E-state index in [1.807, 2.05) is 18.7 Å². The van der Waals surface area contributed by atoms with E-state index in [9.17, 15) is 26.4 Å². The molecule has 0 atom stereocenters. The maximum Gasteiger partial charge on any atom is 0.431 e. The second-order valence-corrected chi connectivity index (χ2v) is 10.5. The number of ether oxygens (including phenoxy) is 1. The summed E-state index contributed by atoms with van der Waals surface area (Å²) >= 11 is 2.87. The van der Waals surface area contributed by atoms with Crippen molar-refractivity contribution < 1.29 is 31.1 Å². The molecule has 8 nitrogen and oxygen atoms in total. The smallest absolute Gasteiger partial charge is 0.431 e. The highest BCUT2D eigenvalue weighted by Crippen LogP contribution is 2.30. The molecule has 0 spiro atoms. The average molecular weight is 593 g/mol. The third kappa shape index (κ3) is 8.20. The number of hydrogen-bond donors (Lipinski definition) is 2. The summed E-state index contributed by atoms with van der Waals surface area (Å²) in [6.07, 6.45) is -3.77. The fraction of sp³-hybridized carbons (Fsp3) is 0.391. The number of aromatic amines is 1. The zero-order valence-electron chi connectivity index (χ0n) is 20.0. The van der Waals surface area contributed by atoms with E-state index in [1.165, 1.54) is 18.2 Å². The molecule has 2 aromatic rings. The number of likely N-dealkylation sites (N-methyl/N-ethyl adjacent to an activating group) is 1. The Morgan fingerprint density at radius 3 is 2.44 bits per heavy atom. The van der Waals surface area contributed by atoms with E-state index in [1.54, 1.807) is 18.2 Å². The van der Waals surface area contributed by atoms with Gasteiger partial charge in [0.1, 0.15) is 18.8 Å². The first kappa shape index (κ1) is 29.6. The summed E-state index contributed by atoms with van der Waals surface area (Å²) in [5.74, 6) is -0.710. The third-order valence-corrected chi connectivity index (χ3v) is 7.11. The Morgan fingerprint density at radius 1 is 1.19 bits per heavy atom. The predicted octanol–water partition coefficient (Wildman–Crippen LogP) is 3.89. The van der Waals surface area contributed by atoms with Crippen LogP contribution in [-0.4, -0.2) is 75.2 Å². The van der Waals surface area contributed by atoms with Crippen molar-refractivity contribution in [2.24, 2.45) is 10.7 Å². The fourth-order valence-electron chi connectivity index (χ4n) is 3.14. The molecule has 1 aromatic heterocycles. The van der Waals surface area contributed by atoms with Gasteiger partial charge >= 0.3 is 12.1 Å². The van der Waals surface area contributed by atoms with Gasteiger partial charge in [-0.2, -0.15) is 13.2 Å². The molecular weight excluding hydrogens is 565 g/mol. The highest BCUT2D eigenvalue weighted by Gasteiger charge is 2.35. The second-order valence-electron chi connectivity index (χ2n) is 7.72. The molecule has 2 rings (SSSR count). The Kier molecular flexibility index (Phi) is 10.3. The first-order chi connectivity index (χ1) is 16.8. The zero-order valence-corrected chi connectivity index (χ0v) is 22.4. The molecule has 13 heteroatoms. The molecule has 0 unspecified atom stereocenters. The molecule has 0 aliphatic heterocycles. The second kappa shape index (κ2) is 12.5. The molecule has 0 fully saturated rings. The lowest BCUT2D eigenvalue weighted by Gasteiger charge is -2.17. The highest BCUT2D eigenvalue weighted by molar-refractivity contribution is 9.12. The van der Waals surface area contributed by atoms with Gasteiger partial charge in [0.25, 0.3) is 0 Å². The van der Waals surface area contributed by atoms with Gasteiger partial charge in [0.05, 0.1) is 20.8 Å². The number of nitrogens with zero attached hydrogens (tertiary/aromatic N) is 2. The van der Waals surface area contributed by atoms with Crippen LogP contribution >= 0.6 is 15.9 Å². The van der Waals surface area contributed by atoms with Crippen LogP contribution in [0.5, 0.6) is 0 Å². The van der Waals surface area contributed by atoms with Crippen LogP contribution in [0.1, 0.15) is 19.5 Å². The summed E-state index contributed by atoms with van der Waals surface area (Å²) in [5.41, 5.74) is 4.67. The van der Waals surface area contributed by atoms with Crippen LogP contribution in [0.25, 0.3) is 11.3 Å². The van der Waals surface area contributed by atoms with Crippen molar-refractivity contribution in [1.29, 1.82) is 0 Å². The van der Waals surface area contributed by atoms with E-state index in [-0.39, 0.29) is 22.9 Å². The van der Waals surface area contributed by atoms with E-state index < -0.39 is 38.7 Å². The molecule has 36 heavy (non-hydrogen) atoms. The van der Waals surface area contributed by atoms with E-state index in [2.05, 4.69) is 25.9 Å². The minimum Gasteiger partial charge on any atom is -0.463 e. The quantitative estimate of drug-likeness (QED) is 0.302. The number of halogens is 4. The molecule has 1 heterocycles. The van der Waals surface area contributed by atoms with Crippen LogP contribution in [-0.2, 0) is 19.4 Å². The van der Waals surface area contributed by atoms with Crippen LogP contribution in [0, 0.1) is 0 Å². The standard InChI is InChI=1S/C23H28BrF3N4O4S/c1-4-31(5-2)11-12-35-19(32)14-29-21(20(24)22(28)23(25,26)27)18-10-9-17(30-18)15-7-6-8-16(13-15)36(3,33)34/h6-10,13,30H,4-5,11-12,14,28H2,1-3H3. The Labute approximate surface area is 216 Å². The van der Waals surface area contributed by atoms with Gasteiger partial charge in [-0.05, 0) is 58.8 Å². The summed E-state index contributed by atoms with van der Waals surface area (Å²) in [6.45, 7) is 5.62. The third-order valence-electron chi connectivity index (χ3n) is 5.20. The topological polar surface area (TPSA) is 118 Å². The van der Waals surface area contributed by atoms with E-state index >= 15 is 0 Å². The molecular formula is C23H28BrF3N4O4S. The Balaban J connectivity index is 2.37. The van der Waals surface area contributed by atoms with Crippen LogP contribution in [0.15, 0.2) is 56.5 Å². The highest BCUT2D eigenvalue weighted by atomic mass is 79.9. The van der Waals surface area contributed by atoms with E-state index in [0.29, 0.717) is 17.8 Å². The van der Waals surface area contributed by atoms with Crippen molar-refractivity contribution in [1.82, 2.24) is 9.88 Å². The summed E-state index contributed by atoms with van der Waals surface area (Å²) in [6, 6.07) is 9.07. The van der Waals surface area contributed by atoms with E-state index in [0.717, 1.165) is 19.3 Å². The van der Waals surface area contributed by atoms with Crippen molar-refractivity contribution in [2.45, 2.75) is 24.9 Å². The fourth-order valence-corrected chi connectivity index (χ4v) is 4.37. The average Bonchev–Trinajstić information content (AvgIpc) is 3.30. The molecule has 0 aliphatic rings. The van der Waals surface area contributed by atoms with Gasteiger partial charge in [0.2, 0.25) is 0 Å². The summed E-state index contributed by atoms with van der Waals surface area (Å²) < 4.78 is 68.2. The van der Waals surface area contributed by atoms with Crippen molar-refractivity contribution in [3.63, 3.8) is 0 Å². The van der Waals surface area contributed by atoms with Crippen molar-refractivity contribution in [3.05, 3.63) is 52.3 Å². The Bertz CT molecular complexity index is 1240. The molecule has 0 radical (unpaired) electrons. The largest absolute Gasteiger partial charge is 0.463 e. The zero-order chi connectivity index (χ0) is 27.1. The molecule has 0 saturated heterocycles. The number of sulfone groups is 1. The SMILES string of the molecule is CCN(CC)CCOC(=O)CN=C(C(Br)=C(N)C(F)(F)F)c1ccc(-c2cccc(S(C)(=O)=O)c2)[nH]1. The van der Waals surface area contributed by atoms with Crippen molar-refractivity contribution in [3.8, 4) is 11.3 Å².